The predicted octanol–water partition coefficient (Wildman–Crippen LogP) is 4.23. The lowest BCUT2D eigenvalue weighted by molar-refractivity contribution is -0.132. The number of hydrogen-bond acceptors (Lipinski definition) is 4. The molecule has 5 nitrogen and oxygen atoms in total. The molecular formula is C24H30N2O3S. The number of carbonyl (C=O) groups is 2. The van der Waals surface area contributed by atoms with Crippen molar-refractivity contribution in [1.29, 1.82) is 0 Å². The van der Waals surface area contributed by atoms with Gasteiger partial charge >= 0.3 is 0 Å². The van der Waals surface area contributed by atoms with Crippen molar-refractivity contribution in [2.45, 2.75) is 38.5 Å². The number of carbonyl (C=O) groups excluding carboxylic acids is 2. The van der Waals surface area contributed by atoms with Gasteiger partial charge in [-0.25, -0.2) is 0 Å². The van der Waals surface area contributed by atoms with Crippen molar-refractivity contribution in [3.8, 4) is 5.75 Å². The van der Waals surface area contributed by atoms with Crippen LogP contribution in [0, 0.1) is 5.92 Å². The molecule has 1 unspecified atom stereocenters. The lowest BCUT2D eigenvalue weighted by Crippen LogP contribution is -2.42. The Labute approximate surface area is 182 Å². The highest BCUT2D eigenvalue weighted by atomic mass is 32.1. The number of hydrogen-bond donors (Lipinski definition) is 0. The van der Waals surface area contributed by atoms with Crippen molar-refractivity contribution in [1.82, 2.24) is 9.80 Å². The summed E-state index contributed by atoms with van der Waals surface area (Å²) in [6, 6.07) is 11.5. The highest BCUT2D eigenvalue weighted by Gasteiger charge is 2.24. The maximum Gasteiger partial charge on any atom is 0.253 e. The van der Waals surface area contributed by atoms with Crippen LogP contribution in [0.15, 0.2) is 41.8 Å². The Morgan fingerprint density at radius 3 is 2.63 bits per heavy atom. The van der Waals surface area contributed by atoms with E-state index in [1.807, 2.05) is 51.6 Å². The first-order valence-electron chi connectivity index (χ1n) is 11.0. The monoisotopic (exact) mass is 426 g/mol. The summed E-state index contributed by atoms with van der Waals surface area (Å²) in [7, 11) is 0. The van der Waals surface area contributed by atoms with Gasteiger partial charge in [-0.1, -0.05) is 12.1 Å². The van der Waals surface area contributed by atoms with Gasteiger partial charge in [-0.15, -0.1) is 11.3 Å². The van der Waals surface area contributed by atoms with Crippen LogP contribution in [0.3, 0.4) is 0 Å². The van der Waals surface area contributed by atoms with Gasteiger partial charge in [0.05, 0.1) is 13.0 Å². The molecule has 3 heterocycles. The summed E-state index contributed by atoms with van der Waals surface area (Å²) in [5.41, 5.74) is 0.700. The zero-order chi connectivity index (χ0) is 20.8. The number of amides is 2. The van der Waals surface area contributed by atoms with Crippen LogP contribution in [0.4, 0.5) is 0 Å². The number of nitrogens with zero attached hydrogens (tertiary/aromatic N) is 2. The molecule has 2 aromatic rings. The molecule has 2 fully saturated rings. The molecule has 0 aliphatic carbocycles. The van der Waals surface area contributed by atoms with Crippen molar-refractivity contribution in [3.63, 3.8) is 0 Å². The molecule has 2 aliphatic rings. The molecule has 2 saturated heterocycles. The zero-order valence-corrected chi connectivity index (χ0v) is 18.2. The number of thiophene rings is 1. The van der Waals surface area contributed by atoms with E-state index in [0.717, 1.165) is 62.5 Å². The normalized spacial score (nSPS) is 19.5. The Morgan fingerprint density at radius 2 is 1.83 bits per heavy atom. The molecular weight excluding hydrogens is 396 g/mol. The molecule has 0 spiro atoms. The molecule has 0 N–H and O–H groups in total. The van der Waals surface area contributed by atoms with E-state index in [4.69, 9.17) is 4.74 Å². The summed E-state index contributed by atoms with van der Waals surface area (Å²) in [6.07, 6.45) is 5.95. The molecule has 0 radical (unpaired) electrons. The van der Waals surface area contributed by atoms with Crippen molar-refractivity contribution in [2.24, 2.45) is 5.92 Å². The summed E-state index contributed by atoms with van der Waals surface area (Å²) in [5, 5.41) is 2.01. The molecule has 6 heteroatoms. The average Bonchev–Trinajstić information content (AvgIpc) is 3.31. The van der Waals surface area contributed by atoms with E-state index in [2.05, 4.69) is 0 Å². The Kier molecular flexibility index (Phi) is 7.05. The Morgan fingerprint density at radius 1 is 1.00 bits per heavy atom. The minimum Gasteiger partial charge on any atom is -0.493 e. The van der Waals surface area contributed by atoms with Crippen LogP contribution in [-0.4, -0.2) is 54.4 Å². The van der Waals surface area contributed by atoms with E-state index in [1.165, 1.54) is 6.42 Å². The average molecular weight is 427 g/mol. The second-order valence-corrected chi connectivity index (χ2v) is 9.33. The largest absolute Gasteiger partial charge is 0.493 e. The van der Waals surface area contributed by atoms with Crippen molar-refractivity contribution >= 4 is 23.2 Å². The number of piperidine rings is 2. The SMILES string of the molecule is O=C(Cc1cccs1)N1CCCC(COc2cccc(C(=O)N3CCCCC3)c2)C1. The number of benzene rings is 1. The van der Waals surface area contributed by atoms with Gasteiger partial charge in [0.25, 0.3) is 5.91 Å². The summed E-state index contributed by atoms with van der Waals surface area (Å²) < 4.78 is 6.05. The topological polar surface area (TPSA) is 49.9 Å². The molecule has 1 aromatic carbocycles. The van der Waals surface area contributed by atoms with Gasteiger partial charge in [0.1, 0.15) is 5.75 Å². The smallest absolute Gasteiger partial charge is 0.253 e. The molecule has 4 rings (SSSR count). The van der Waals surface area contributed by atoms with Gasteiger partial charge in [-0.2, -0.15) is 0 Å². The van der Waals surface area contributed by atoms with Gasteiger partial charge in [0.15, 0.2) is 0 Å². The minimum atomic E-state index is 0.100. The maximum atomic E-state index is 12.7. The van der Waals surface area contributed by atoms with Crippen LogP contribution in [0.25, 0.3) is 0 Å². The minimum absolute atomic E-state index is 0.100. The van der Waals surface area contributed by atoms with Crippen LogP contribution in [0.2, 0.25) is 0 Å². The number of likely N-dealkylation sites (tertiary alicyclic amines) is 2. The molecule has 1 atom stereocenters. The second kappa shape index (κ2) is 10.1. The molecule has 2 aliphatic heterocycles. The van der Waals surface area contributed by atoms with Crippen LogP contribution in [-0.2, 0) is 11.2 Å². The van der Waals surface area contributed by atoms with E-state index < -0.39 is 0 Å². The number of ether oxygens (including phenoxy) is 1. The van der Waals surface area contributed by atoms with E-state index in [-0.39, 0.29) is 11.8 Å². The summed E-state index contributed by atoms with van der Waals surface area (Å²) in [5.74, 6) is 1.37. The lowest BCUT2D eigenvalue weighted by Gasteiger charge is -2.32. The highest BCUT2D eigenvalue weighted by Crippen LogP contribution is 2.22. The first-order chi connectivity index (χ1) is 14.7. The van der Waals surface area contributed by atoms with Gasteiger partial charge in [0.2, 0.25) is 5.91 Å². The van der Waals surface area contributed by atoms with Crippen molar-refractivity contribution < 1.29 is 14.3 Å². The third kappa shape index (κ3) is 5.42. The molecule has 30 heavy (non-hydrogen) atoms. The summed E-state index contributed by atoms with van der Waals surface area (Å²) in [4.78, 5) is 30.4. The predicted molar refractivity (Wildman–Crippen MR) is 119 cm³/mol. The lowest BCUT2D eigenvalue weighted by atomic mass is 9.98. The second-order valence-electron chi connectivity index (χ2n) is 8.30. The van der Waals surface area contributed by atoms with Gasteiger partial charge in [-0.05, 0) is 61.7 Å². The Hall–Kier alpha value is -2.34. The van der Waals surface area contributed by atoms with Crippen LogP contribution < -0.4 is 4.74 Å². The van der Waals surface area contributed by atoms with E-state index in [9.17, 15) is 9.59 Å². The van der Waals surface area contributed by atoms with Crippen molar-refractivity contribution in [3.05, 3.63) is 52.2 Å². The fraction of sp³-hybridized carbons (Fsp3) is 0.500. The summed E-state index contributed by atoms with van der Waals surface area (Å²) in [6.45, 7) is 3.85. The highest BCUT2D eigenvalue weighted by molar-refractivity contribution is 7.10. The number of rotatable bonds is 6. The summed E-state index contributed by atoms with van der Waals surface area (Å²) >= 11 is 1.63. The molecule has 1 aromatic heterocycles. The van der Waals surface area contributed by atoms with Crippen molar-refractivity contribution in [2.75, 3.05) is 32.8 Å². The maximum absolute atomic E-state index is 12.7. The van der Waals surface area contributed by atoms with Crippen LogP contribution in [0.5, 0.6) is 5.75 Å². The fourth-order valence-corrected chi connectivity index (χ4v) is 5.01. The van der Waals surface area contributed by atoms with Gasteiger partial charge in [0, 0.05) is 42.5 Å². The van der Waals surface area contributed by atoms with E-state index >= 15 is 0 Å². The molecule has 0 saturated carbocycles. The van der Waals surface area contributed by atoms with E-state index in [1.54, 1.807) is 11.3 Å². The van der Waals surface area contributed by atoms with Crippen LogP contribution >= 0.6 is 11.3 Å². The third-order valence-corrected chi connectivity index (χ3v) is 6.86. The fourth-order valence-electron chi connectivity index (χ4n) is 4.31. The first kappa shape index (κ1) is 20.9. The molecule has 160 valence electrons. The van der Waals surface area contributed by atoms with Gasteiger partial charge < -0.3 is 14.5 Å². The quantitative estimate of drug-likeness (QED) is 0.694. The van der Waals surface area contributed by atoms with Gasteiger partial charge in [-0.3, -0.25) is 9.59 Å². The first-order valence-corrected chi connectivity index (χ1v) is 11.9. The Balaban J connectivity index is 1.29. The standard InChI is InChI=1S/C24H30N2O3S/c27-23(16-22-10-6-14-30-22)26-13-5-7-19(17-26)18-29-21-9-4-8-20(15-21)24(28)25-11-2-1-3-12-25/h4,6,8-10,14-15,19H,1-3,5,7,11-13,16-18H2. The zero-order valence-electron chi connectivity index (χ0n) is 17.4. The molecule has 0 bridgehead atoms. The molecule has 2 amide bonds. The third-order valence-electron chi connectivity index (χ3n) is 5.99. The van der Waals surface area contributed by atoms with E-state index in [0.29, 0.717) is 24.5 Å². The Bertz CT molecular complexity index is 846. The van der Waals surface area contributed by atoms with Crippen LogP contribution in [0.1, 0.15) is 47.3 Å².